The molecule has 0 saturated heterocycles. The van der Waals surface area contributed by atoms with Gasteiger partial charge in [0.2, 0.25) is 0 Å². The number of rotatable bonds is 2. The predicted molar refractivity (Wildman–Crippen MR) is 23.9 cm³/mol. The first kappa shape index (κ1) is 5.92. The first-order valence-electron chi connectivity index (χ1n) is 2.13. The van der Waals surface area contributed by atoms with Gasteiger partial charge in [-0.25, -0.2) is 0 Å². The maximum atomic E-state index is 6.31. The van der Waals surface area contributed by atoms with Gasteiger partial charge in [-0.1, -0.05) is 6.92 Å². The van der Waals surface area contributed by atoms with Crippen molar-refractivity contribution in [1.29, 1.82) is 0 Å². The van der Waals surface area contributed by atoms with Crippen molar-refractivity contribution in [1.82, 2.24) is 5.90 Å². The zero-order valence-corrected chi connectivity index (χ0v) is 4.19. The van der Waals surface area contributed by atoms with Gasteiger partial charge in [0.25, 0.3) is 0 Å². The second-order valence-electron chi connectivity index (χ2n) is 1.34. The molecule has 0 bridgehead atoms. The van der Waals surface area contributed by atoms with Crippen LogP contribution in [-0.2, 0) is 4.84 Å². The quantitative estimate of drug-likeness (QED) is 0.463. The molecular weight excluding hydrogens is 78.0 g/mol. The molecule has 0 aromatic carbocycles. The van der Waals surface area contributed by atoms with E-state index in [-0.39, 0.29) is 6.10 Å². The monoisotopic (exact) mass is 88.1 g/mol. The molecule has 0 rings (SSSR count). The fraction of sp³-hybridized carbons (Fsp3) is 1.00. The molecule has 0 amide bonds. The second-order valence-corrected chi connectivity index (χ2v) is 1.34. The van der Waals surface area contributed by atoms with E-state index in [9.17, 15) is 0 Å². The van der Waals surface area contributed by atoms with Crippen LogP contribution in [0.3, 0.4) is 0 Å². The highest BCUT2D eigenvalue weighted by Crippen LogP contribution is 1.89. The van der Waals surface area contributed by atoms with E-state index in [4.69, 9.17) is 5.90 Å². The first-order valence-corrected chi connectivity index (χ1v) is 2.13. The van der Waals surface area contributed by atoms with E-state index >= 15 is 0 Å². The van der Waals surface area contributed by atoms with Crippen molar-refractivity contribution in [3.05, 3.63) is 0 Å². The molecule has 2 heteroatoms. The molecule has 0 fully saturated rings. The topological polar surface area (TPSA) is 33.0 Å². The molecule has 2 nitrogen and oxygen atoms in total. The molecule has 0 aliphatic carbocycles. The van der Waals surface area contributed by atoms with Crippen molar-refractivity contribution in [2.75, 3.05) is 0 Å². The Bertz CT molecular complexity index is 26.7. The Hall–Kier alpha value is -0.0800. The van der Waals surface area contributed by atoms with Crippen LogP contribution in [-0.4, -0.2) is 6.10 Å². The summed E-state index contributed by atoms with van der Waals surface area (Å²) in [4.78, 5) is 4.15. The van der Waals surface area contributed by atoms with Gasteiger partial charge in [-0.15, -0.1) is 5.90 Å². The Morgan fingerprint density at radius 1 is 1.83 bits per heavy atom. The summed E-state index contributed by atoms with van der Waals surface area (Å²) < 4.78 is 0. The standard InChI is InChI=1S/C4H10NO/c1-3-4(2)6-5/h4-5H,3H2,1-2H3. The van der Waals surface area contributed by atoms with Crippen LogP contribution in [0, 0.1) is 0 Å². The molecule has 1 unspecified atom stereocenters. The maximum Gasteiger partial charge on any atom is 0.0777 e. The van der Waals surface area contributed by atoms with Gasteiger partial charge in [0.05, 0.1) is 6.10 Å². The third kappa shape index (κ3) is 2.18. The average Bonchev–Trinajstić information content (AvgIpc) is 1.65. The summed E-state index contributed by atoms with van der Waals surface area (Å²) in [5.41, 5.74) is 0. The lowest BCUT2D eigenvalue weighted by Crippen LogP contribution is -2.02. The van der Waals surface area contributed by atoms with Crippen molar-refractivity contribution < 1.29 is 4.84 Å². The largest absolute Gasteiger partial charge is 0.282 e. The Kier molecular flexibility index (Phi) is 3.08. The summed E-state index contributed by atoms with van der Waals surface area (Å²) in [5.74, 6) is 6.31. The average molecular weight is 88.1 g/mol. The minimum absolute atomic E-state index is 0.102. The van der Waals surface area contributed by atoms with Gasteiger partial charge < -0.3 is 0 Å². The Labute approximate surface area is 38.2 Å². The summed E-state index contributed by atoms with van der Waals surface area (Å²) >= 11 is 0. The van der Waals surface area contributed by atoms with E-state index in [1.165, 1.54) is 0 Å². The zero-order chi connectivity index (χ0) is 4.99. The van der Waals surface area contributed by atoms with Crippen LogP contribution in [0.2, 0.25) is 0 Å². The molecule has 1 N–H and O–H groups in total. The van der Waals surface area contributed by atoms with E-state index in [1.54, 1.807) is 0 Å². The van der Waals surface area contributed by atoms with Crippen LogP contribution in [0.1, 0.15) is 20.3 Å². The Morgan fingerprint density at radius 2 is 2.33 bits per heavy atom. The lowest BCUT2D eigenvalue weighted by molar-refractivity contribution is 0.0476. The minimum Gasteiger partial charge on any atom is -0.282 e. The van der Waals surface area contributed by atoms with Gasteiger partial charge >= 0.3 is 0 Å². The molecule has 0 aliphatic rings. The van der Waals surface area contributed by atoms with Crippen molar-refractivity contribution in [3.8, 4) is 0 Å². The van der Waals surface area contributed by atoms with Gasteiger partial charge in [-0.3, -0.25) is 4.84 Å². The van der Waals surface area contributed by atoms with Crippen molar-refractivity contribution in [2.45, 2.75) is 26.4 Å². The molecule has 1 radical (unpaired) electrons. The SMILES string of the molecule is CCC(C)O[NH]. The third-order valence-electron chi connectivity index (χ3n) is 0.776. The molecule has 0 aromatic heterocycles. The third-order valence-corrected chi connectivity index (χ3v) is 0.776. The zero-order valence-electron chi connectivity index (χ0n) is 4.19. The van der Waals surface area contributed by atoms with Crippen LogP contribution >= 0.6 is 0 Å². The van der Waals surface area contributed by atoms with Gasteiger partial charge in [-0.2, -0.15) is 0 Å². The van der Waals surface area contributed by atoms with Crippen LogP contribution in [0.15, 0.2) is 0 Å². The smallest absolute Gasteiger partial charge is 0.0777 e. The van der Waals surface area contributed by atoms with E-state index in [2.05, 4.69) is 4.84 Å². The van der Waals surface area contributed by atoms with Gasteiger partial charge in [0.15, 0.2) is 0 Å². The molecule has 0 saturated carbocycles. The normalized spacial score (nSPS) is 14.5. The first-order chi connectivity index (χ1) is 2.81. The van der Waals surface area contributed by atoms with E-state index in [1.807, 2.05) is 13.8 Å². The van der Waals surface area contributed by atoms with Crippen molar-refractivity contribution >= 4 is 0 Å². The lowest BCUT2D eigenvalue weighted by Gasteiger charge is -1.98. The molecule has 1 atom stereocenters. The summed E-state index contributed by atoms with van der Waals surface area (Å²) in [5, 5.41) is 0. The van der Waals surface area contributed by atoms with E-state index in [0.717, 1.165) is 6.42 Å². The van der Waals surface area contributed by atoms with Crippen LogP contribution in [0.4, 0.5) is 0 Å². The van der Waals surface area contributed by atoms with Crippen LogP contribution in [0.5, 0.6) is 0 Å². The second kappa shape index (κ2) is 3.12. The molecule has 0 aliphatic heterocycles. The highest BCUT2D eigenvalue weighted by Gasteiger charge is 1.90. The molecule has 37 valence electrons. The van der Waals surface area contributed by atoms with Crippen LogP contribution in [0.25, 0.3) is 0 Å². The fourth-order valence-electron chi connectivity index (χ4n) is 0.0833. The highest BCUT2D eigenvalue weighted by molar-refractivity contribution is 4.37. The highest BCUT2D eigenvalue weighted by atomic mass is 16.6. The van der Waals surface area contributed by atoms with Gasteiger partial charge in [0, 0.05) is 0 Å². The predicted octanol–water partition coefficient (Wildman–Crippen LogP) is 0.999. The van der Waals surface area contributed by atoms with Gasteiger partial charge in [-0.05, 0) is 13.3 Å². The molecule has 0 spiro atoms. The van der Waals surface area contributed by atoms with Gasteiger partial charge in [0.1, 0.15) is 0 Å². The maximum absolute atomic E-state index is 6.31. The van der Waals surface area contributed by atoms with Crippen LogP contribution < -0.4 is 5.90 Å². The number of nitrogens with one attached hydrogen (secondary N) is 1. The van der Waals surface area contributed by atoms with E-state index < -0.39 is 0 Å². The minimum atomic E-state index is 0.102. The van der Waals surface area contributed by atoms with Crippen molar-refractivity contribution in [2.24, 2.45) is 0 Å². The lowest BCUT2D eigenvalue weighted by atomic mass is 10.3. The number of hydrogen-bond acceptors (Lipinski definition) is 1. The molecule has 0 aromatic rings. The molecular formula is C4H10NO. The summed E-state index contributed by atoms with van der Waals surface area (Å²) in [6.07, 6.45) is 1.02. The summed E-state index contributed by atoms with van der Waals surface area (Å²) in [7, 11) is 0. The van der Waals surface area contributed by atoms with Crippen molar-refractivity contribution in [3.63, 3.8) is 0 Å². The molecule has 6 heavy (non-hydrogen) atoms. The van der Waals surface area contributed by atoms with E-state index in [0.29, 0.717) is 0 Å². The summed E-state index contributed by atoms with van der Waals surface area (Å²) in [6, 6.07) is 0. The Balaban J connectivity index is 2.75. The molecule has 0 heterocycles. The summed E-state index contributed by atoms with van der Waals surface area (Å²) in [6.45, 7) is 3.85. The number of hydrogen-bond donors (Lipinski definition) is 0. The fourth-order valence-corrected chi connectivity index (χ4v) is 0.0833. The Morgan fingerprint density at radius 3 is 2.33 bits per heavy atom.